The third-order valence-corrected chi connectivity index (χ3v) is 5.30. The van der Waals surface area contributed by atoms with Crippen molar-refractivity contribution < 1.29 is 28.2 Å². The summed E-state index contributed by atoms with van der Waals surface area (Å²) in [6, 6.07) is 6.97. The van der Waals surface area contributed by atoms with Crippen LogP contribution < -0.4 is 11.1 Å². The molecule has 1 aromatic heterocycles. The predicted molar refractivity (Wildman–Crippen MR) is 111 cm³/mol. The molecule has 1 fully saturated rings. The number of carbonyl (C=O) groups excluding carboxylic acids is 1. The van der Waals surface area contributed by atoms with Crippen molar-refractivity contribution in [1.82, 2.24) is 10.3 Å². The molecule has 0 saturated heterocycles. The SMILES string of the molecule is Fc1ccc(-c2[nH]c3c(F)cc(F)cc3c2C2CCC2)cc1.NC(=O)NC(CO)CO. The van der Waals surface area contributed by atoms with Gasteiger partial charge in [-0.2, -0.15) is 0 Å². The summed E-state index contributed by atoms with van der Waals surface area (Å²) >= 11 is 0. The molecule has 0 aliphatic heterocycles. The summed E-state index contributed by atoms with van der Waals surface area (Å²) in [4.78, 5) is 13.1. The molecule has 2 amide bonds. The third-order valence-electron chi connectivity index (χ3n) is 5.30. The first-order valence-corrected chi connectivity index (χ1v) is 9.88. The minimum atomic E-state index is -0.747. The number of nitrogens with two attached hydrogens (primary N) is 1. The number of halogens is 3. The van der Waals surface area contributed by atoms with Crippen molar-refractivity contribution in [3.8, 4) is 11.3 Å². The number of aliphatic hydroxyl groups is 2. The average molecular weight is 435 g/mol. The molecule has 1 saturated carbocycles. The molecular weight excluding hydrogens is 411 g/mol. The largest absolute Gasteiger partial charge is 0.394 e. The monoisotopic (exact) mass is 435 g/mol. The van der Waals surface area contributed by atoms with Crippen LogP contribution in [0.5, 0.6) is 0 Å². The number of hydrogen-bond donors (Lipinski definition) is 5. The number of primary amides is 1. The van der Waals surface area contributed by atoms with Crippen molar-refractivity contribution in [2.24, 2.45) is 5.73 Å². The molecule has 31 heavy (non-hydrogen) atoms. The Bertz CT molecular complexity index is 1050. The third kappa shape index (κ3) is 5.18. The minimum Gasteiger partial charge on any atom is -0.394 e. The highest BCUT2D eigenvalue weighted by atomic mass is 19.1. The fraction of sp³-hybridized carbons (Fsp3) is 0.318. The van der Waals surface area contributed by atoms with Gasteiger partial charge in [-0.15, -0.1) is 0 Å². The highest BCUT2D eigenvalue weighted by Gasteiger charge is 2.27. The second kappa shape index (κ2) is 9.84. The molecule has 6 N–H and O–H groups in total. The van der Waals surface area contributed by atoms with Gasteiger partial charge < -0.3 is 26.2 Å². The van der Waals surface area contributed by atoms with E-state index in [1.807, 2.05) is 0 Å². The second-order valence-electron chi connectivity index (χ2n) is 7.43. The van der Waals surface area contributed by atoms with E-state index >= 15 is 0 Å². The predicted octanol–water partition coefficient (Wildman–Crippen LogP) is 3.53. The molecule has 1 heterocycles. The van der Waals surface area contributed by atoms with Crippen LogP contribution in [-0.4, -0.2) is 40.5 Å². The zero-order chi connectivity index (χ0) is 22.5. The van der Waals surface area contributed by atoms with E-state index in [4.69, 9.17) is 10.2 Å². The zero-order valence-electron chi connectivity index (χ0n) is 16.7. The van der Waals surface area contributed by atoms with Crippen LogP contribution in [0.3, 0.4) is 0 Å². The van der Waals surface area contributed by atoms with Gasteiger partial charge in [-0.3, -0.25) is 0 Å². The summed E-state index contributed by atoms with van der Waals surface area (Å²) < 4.78 is 40.8. The maximum absolute atomic E-state index is 14.1. The fourth-order valence-electron chi connectivity index (χ4n) is 3.56. The van der Waals surface area contributed by atoms with Crippen LogP contribution in [0.4, 0.5) is 18.0 Å². The fourth-order valence-corrected chi connectivity index (χ4v) is 3.56. The van der Waals surface area contributed by atoms with Gasteiger partial charge >= 0.3 is 6.03 Å². The molecule has 9 heteroatoms. The van der Waals surface area contributed by atoms with Crippen LogP contribution in [0.15, 0.2) is 36.4 Å². The normalized spacial score (nSPS) is 13.6. The molecule has 0 unspecified atom stereocenters. The molecular formula is C22H24F3N3O3. The van der Waals surface area contributed by atoms with Crippen LogP contribution in [0.25, 0.3) is 22.2 Å². The number of amides is 2. The van der Waals surface area contributed by atoms with Gasteiger partial charge in [0.15, 0.2) is 0 Å². The molecule has 166 valence electrons. The van der Waals surface area contributed by atoms with Gasteiger partial charge in [-0.25, -0.2) is 18.0 Å². The smallest absolute Gasteiger partial charge is 0.312 e. The topological polar surface area (TPSA) is 111 Å². The average Bonchev–Trinajstić information content (AvgIpc) is 3.05. The van der Waals surface area contributed by atoms with Crippen LogP contribution in [0, 0.1) is 17.5 Å². The van der Waals surface area contributed by atoms with Crippen LogP contribution >= 0.6 is 0 Å². The van der Waals surface area contributed by atoms with Crippen LogP contribution in [-0.2, 0) is 0 Å². The second-order valence-corrected chi connectivity index (χ2v) is 7.43. The Kier molecular flexibility index (Phi) is 7.19. The van der Waals surface area contributed by atoms with E-state index in [0.29, 0.717) is 16.8 Å². The quantitative estimate of drug-likeness (QED) is 0.423. The number of carbonyl (C=O) groups is 1. The Morgan fingerprint density at radius 2 is 1.74 bits per heavy atom. The van der Waals surface area contributed by atoms with Gasteiger partial charge in [-0.05, 0) is 60.2 Å². The molecule has 2 aromatic carbocycles. The number of rotatable bonds is 5. The number of aromatic amines is 1. The first kappa shape index (κ1) is 22.6. The number of hydrogen-bond acceptors (Lipinski definition) is 3. The molecule has 1 aliphatic carbocycles. The molecule has 6 nitrogen and oxygen atoms in total. The summed E-state index contributed by atoms with van der Waals surface area (Å²) in [5.41, 5.74) is 7.50. The van der Waals surface area contributed by atoms with Crippen molar-refractivity contribution in [2.75, 3.05) is 13.2 Å². The van der Waals surface area contributed by atoms with Gasteiger partial charge in [0.05, 0.1) is 30.5 Å². The Balaban J connectivity index is 0.000000259. The van der Waals surface area contributed by atoms with Crippen LogP contribution in [0.1, 0.15) is 30.7 Å². The molecule has 3 aromatic rings. The van der Waals surface area contributed by atoms with Gasteiger partial charge in [0.2, 0.25) is 0 Å². The summed E-state index contributed by atoms with van der Waals surface area (Å²) in [5.74, 6) is -1.18. The van der Waals surface area contributed by atoms with E-state index in [0.717, 1.165) is 42.1 Å². The lowest BCUT2D eigenvalue weighted by atomic mass is 9.78. The van der Waals surface area contributed by atoms with E-state index in [9.17, 15) is 18.0 Å². The van der Waals surface area contributed by atoms with E-state index < -0.39 is 23.7 Å². The summed E-state index contributed by atoms with van der Waals surface area (Å²) in [6.07, 6.45) is 3.15. The van der Waals surface area contributed by atoms with Crippen molar-refractivity contribution in [1.29, 1.82) is 0 Å². The maximum Gasteiger partial charge on any atom is 0.312 e. The van der Waals surface area contributed by atoms with E-state index in [1.165, 1.54) is 18.2 Å². The molecule has 0 spiro atoms. The lowest BCUT2D eigenvalue weighted by Gasteiger charge is -2.26. The van der Waals surface area contributed by atoms with Gasteiger partial charge in [0, 0.05) is 11.5 Å². The standard InChI is InChI=1S/C18H14F3N.C4H10N2O3/c19-12-6-4-11(5-7-12)17-16(10-2-1-3-10)14-8-13(20)9-15(21)18(14)22-17;5-4(9)6-3(1-7)2-8/h4-10,22H,1-3H2;3,7-8H,1-2H2,(H3,5,6,9). The van der Waals surface area contributed by atoms with Crippen molar-refractivity contribution in [2.45, 2.75) is 31.2 Å². The molecule has 0 atom stereocenters. The Morgan fingerprint density at radius 3 is 2.23 bits per heavy atom. The summed E-state index contributed by atoms with van der Waals surface area (Å²) in [7, 11) is 0. The first-order valence-electron chi connectivity index (χ1n) is 9.88. The maximum atomic E-state index is 14.1. The summed E-state index contributed by atoms with van der Waals surface area (Å²) in [6.45, 7) is -0.612. The van der Waals surface area contributed by atoms with Crippen LogP contribution in [0.2, 0.25) is 0 Å². The number of fused-ring (bicyclic) bond motifs is 1. The number of urea groups is 1. The van der Waals surface area contributed by atoms with Crippen molar-refractivity contribution in [3.05, 3.63) is 59.4 Å². The molecule has 4 rings (SSSR count). The van der Waals surface area contributed by atoms with E-state index in [-0.39, 0.29) is 19.0 Å². The number of nitrogens with one attached hydrogen (secondary N) is 2. The highest BCUT2D eigenvalue weighted by Crippen LogP contribution is 2.45. The number of aromatic nitrogens is 1. The molecule has 0 radical (unpaired) electrons. The van der Waals surface area contributed by atoms with Gasteiger partial charge in [0.25, 0.3) is 0 Å². The van der Waals surface area contributed by atoms with Gasteiger partial charge in [-0.1, -0.05) is 6.42 Å². The van der Waals surface area contributed by atoms with E-state index in [1.54, 1.807) is 12.1 Å². The first-order chi connectivity index (χ1) is 14.8. The number of benzene rings is 2. The minimum absolute atomic E-state index is 0.301. The molecule has 0 bridgehead atoms. The van der Waals surface area contributed by atoms with Crippen molar-refractivity contribution >= 4 is 16.9 Å². The zero-order valence-corrected chi connectivity index (χ0v) is 16.7. The van der Waals surface area contributed by atoms with Crippen molar-refractivity contribution in [3.63, 3.8) is 0 Å². The Morgan fingerprint density at radius 1 is 1.10 bits per heavy atom. The lowest BCUT2D eigenvalue weighted by molar-refractivity contribution is 0.171. The number of aliphatic hydroxyl groups excluding tert-OH is 2. The molecule has 1 aliphatic rings. The lowest BCUT2D eigenvalue weighted by Crippen LogP contribution is -2.42. The Hall–Kier alpha value is -3.04. The van der Waals surface area contributed by atoms with E-state index in [2.05, 4.69) is 16.0 Å². The van der Waals surface area contributed by atoms with Gasteiger partial charge in [0.1, 0.15) is 17.5 Å². The summed E-state index contributed by atoms with van der Waals surface area (Å²) in [5, 5.41) is 19.4. The highest BCUT2D eigenvalue weighted by molar-refractivity contribution is 5.92. The Labute approximate surface area is 176 Å². The number of H-pyrrole nitrogens is 1.